The largest absolute Gasteiger partial charge is 0.313 e. The van der Waals surface area contributed by atoms with Crippen molar-refractivity contribution in [2.24, 2.45) is 0 Å². The van der Waals surface area contributed by atoms with E-state index in [-0.39, 0.29) is 17.5 Å². The van der Waals surface area contributed by atoms with Gasteiger partial charge in [0, 0.05) is 17.1 Å². The van der Waals surface area contributed by atoms with Gasteiger partial charge in [-0.15, -0.1) is 11.3 Å². The smallest absolute Gasteiger partial charge is 0.240 e. The first-order valence-corrected chi connectivity index (χ1v) is 8.96. The molecule has 0 aliphatic carbocycles. The molecule has 0 spiro atoms. The molecule has 0 saturated heterocycles. The summed E-state index contributed by atoms with van der Waals surface area (Å²) in [6, 6.07) is 7.08. The number of sulfonamides is 1. The van der Waals surface area contributed by atoms with Crippen molar-refractivity contribution >= 4 is 21.4 Å². The van der Waals surface area contributed by atoms with E-state index in [2.05, 4.69) is 15.0 Å². The number of rotatable bonds is 6. The molecule has 0 radical (unpaired) electrons. The fourth-order valence-corrected chi connectivity index (χ4v) is 3.62. The van der Waals surface area contributed by atoms with Crippen LogP contribution in [0.1, 0.15) is 29.2 Å². The lowest BCUT2D eigenvalue weighted by Gasteiger charge is -2.11. The highest BCUT2D eigenvalue weighted by Gasteiger charge is 2.15. The van der Waals surface area contributed by atoms with Crippen LogP contribution in [-0.4, -0.2) is 20.4 Å². The zero-order valence-electron chi connectivity index (χ0n) is 12.3. The van der Waals surface area contributed by atoms with Gasteiger partial charge in [0.2, 0.25) is 10.0 Å². The van der Waals surface area contributed by atoms with Crippen LogP contribution in [-0.2, 0) is 16.6 Å². The maximum Gasteiger partial charge on any atom is 0.240 e. The molecule has 1 unspecified atom stereocenters. The topological polar surface area (TPSA) is 71.1 Å². The van der Waals surface area contributed by atoms with Gasteiger partial charge in [-0.1, -0.05) is 12.1 Å². The van der Waals surface area contributed by atoms with E-state index in [9.17, 15) is 8.42 Å². The van der Waals surface area contributed by atoms with E-state index >= 15 is 0 Å². The van der Waals surface area contributed by atoms with Gasteiger partial charge in [-0.3, -0.25) is 0 Å². The van der Waals surface area contributed by atoms with Gasteiger partial charge in [-0.05, 0) is 38.6 Å². The first kappa shape index (κ1) is 16.1. The van der Waals surface area contributed by atoms with Gasteiger partial charge >= 0.3 is 0 Å². The van der Waals surface area contributed by atoms with E-state index < -0.39 is 10.0 Å². The Morgan fingerprint density at radius 2 is 1.95 bits per heavy atom. The molecule has 5 nitrogen and oxygen atoms in total. The van der Waals surface area contributed by atoms with Gasteiger partial charge in [-0.2, -0.15) is 0 Å². The summed E-state index contributed by atoms with van der Waals surface area (Å²) in [6.07, 6.45) is 0. The molecule has 1 aromatic heterocycles. The second-order valence-electron chi connectivity index (χ2n) is 4.79. The van der Waals surface area contributed by atoms with Crippen LogP contribution in [0.5, 0.6) is 0 Å². The minimum Gasteiger partial charge on any atom is -0.313 e. The lowest BCUT2D eigenvalue weighted by Crippen LogP contribution is -2.23. The van der Waals surface area contributed by atoms with Gasteiger partial charge in [0.05, 0.1) is 11.4 Å². The Labute approximate surface area is 129 Å². The number of benzene rings is 1. The fraction of sp³-hybridized carbons (Fsp3) is 0.357. The van der Waals surface area contributed by atoms with Crippen molar-refractivity contribution in [3.05, 3.63) is 45.9 Å². The molecule has 0 aliphatic rings. The van der Waals surface area contributed by atoms with E-state index in [1.54, 1.807) is 12.1 Å². The summed E-state index contributed by atoms with van der Waals surface area (Å²) in [5, 5.41) is 5.78. The zero-order valence-corrected chi connectivity index (χ0v) is 13.9. The van der Waals surface area contributed by atoms with E-state index in [4.69, 9.17) is 0 Å². The predicted molar refractivity (Wildman–Crippen MR) is 84.8 cm³/mol. The number of nitrogens with one attached hydrogen (secondary N) is 2. The van der Waals surface area contributed by atoms with Crippen molar-refractivity contribution in [1.82, 2.24) is 15.0 Å². The highest BCUT2D eigenvalue weighted by molar-refractivity contribution is 7.89. The molecule has 2 aromatic rings. The molecule has 114 valence electrons. The molecule has 2 N–H and O–H groups in total. The maximum absolute atomic E-state index is 12.2. The molecule has 0 aliphatic heterocycles. The third-order valence-electron chi connectivity index (χ3n) is 3.20. The standard InChI is InChI=1S/C14H19N3O2S2/c1-10-9-20-14(17-10)8-16-21(18,19)13-6-4-12(5-7-13)11(2)15-3/h4-7,9,11,15-16H,8H2,1-3H3. The normalized spacial score (nSPS) is 13.3. The Balaban J connectivity index is 2.08. The van der Waals surface area contributed by atoms with Crippen molar-refractivity contribution in [2.75, 3.05) is 7.05 Å². The number of aryl methyl sites for hydroxylation is 1. The van der Waals surface area contributed by atoms with Crippen molar-refractivity contribution in [3.63, 3.8) is 0 Å². The lowest BCUT2D eigenvalue weighted by atomic mass is 10.1. The summed E-state index contributed by atoms with van der Waals surface area (Å²) >= 11 is 1.45. The van der Waals surface area contributed by atoms with Crippen LogP contribution in [0, 0.1) is 6.92 Å². The van der Waals surface area contributed by atoms with Crippen LogP contribution in [0.15, 0.2) is 34.5 Å². The van der Waals surface area contributed by atoms with Crippen molar-refractivity contribution in [3.8, 4) is 0 Å². The van der Waals surface area contributed by atoms with Crippen molar-refractivity contribution in [1.29, 1.82) is 0 Å². The number of thiazole rings is 1. The molecular formula is C14H19N3O2S2. The highest BCUT2D eigenvalue weighted by Crippen LogP contribution is 2.16. The molecule has 2 rings (SSSR count). The Morgan fingerprint density at radius 1 is 1.29 bits per heavy atom. The summed E-state index contributed by atoms with van der Waals surface area (Å²) in [6.45, 7) is 4.12. The predicted octanol–water partition coefficient (Wildman–Crippen LogP) is 2.21. The van der Waals surface area contributed by atoms with Gasteiger partial charge in [0.25, 0.3) is 0 Å². The molecule has 7 heteroatoms. The van der Waals surface area contributed by atoms with Gasteiger partial charge in [0.1, 0.15) is 5.01 Å². The Hall–Kier alpha value is -1.28. The molecule has 1 aromatic carbocycles. The first-order valence-electron chi connectivity index (χ1n) is 6.60. The third kappa shape index (κ3) is 4.10. The molecule has 21 heavy (non-hydrogen) atoms. The average molecular weight is 325 g/mol. The van der Waals surface area contributed by atoms with Crippen LogP contribution in [0.4, 0.5) is 0 Å². The first-order chi connectivity index (χ1) is 9.92. The summed E-state index contributed by atoms with van der Waals surface area (Å²) < 4.78 is 27.0. The molecule has 0 saturated carbocycles. The summed E-state index contributed by atoms with van der Waals surface area (Å²) in [7, 11) is -1.63. The van der Waals surface area contributed by atoms with E-state index in [1.807, 2.05) is 38.4 Å². The van der Waals surface area contributed by atoms with Gasteiger partial charge in [-0.25, -0.2) is 18.1 Å². The Bertz CT molecular complexity index is 693. The van der Waals surface area contributed by atoms with Crippen molar-refractivity contribution in [2.45, 2.75) is 31.3 Å². The molecule has 1 heterocycles. The van der Waals surface area contributed by atoms with Crippen LogP contribution in [0.25, 0.3) is 0 Å². The minimum absolute atomic E-state index is 0.188. The van der Waals surface area contributed by atoms with E-state index in [0.29, 0.717) is 0 Å². The van der Waals surface area contributed by atoms with Crippen LogP contribution < -0.4 is 10.0 Å². The summed E-state index contributed by atoms with van der Waals surface area (Å²) in [5.41, 5.74) is 1.95. The SMILES string of the molecule is CNC(C)c1ccc(S(=O)(=O)NCc2nc(C)cs2)cc1. The summed E-state index contributed by atoms with van der Waals surface area (Å²) in [4.78, 5) is 4.51. The molecule has 1 atom stereocenters. The average Bonchev–Trinajstić information content (AvgIpc) is 2.90. The zero-order chi connectivity index (χ0) is 15.5. The van der Waals surface area contributed by atoms with Crippen LogP contribution in [0.3, 0.4) is 0 Å². The number of aromatic nitrogens is 1. The molecular weight excluding hydrogens is 306 g/mol. The maximum atomic E-state index is 12.2. The molecule has 0 bridgehead atoms. The van der Waals surface area contributed by atoms with Crippen LogP contribution in [0.2, 0.25) is 0 Å². The van der Waals surface area contributed by atoms with Crippen LogP contribution >= 0.6 is 11.3 Å². The van der Waals surface area contributed by atoms with Gasteiger partial charge in [0.15, 0.2) is 0 Å². The van der Waals surface area contributed by atoms with Crippen molar-refractivity contribution < 1.29 is 8.42 Å². The second-order valence-corrected chi connectivity index (χ2v) is 7.50. The number of nitrogens with zero attached hydrogens (tertiary/aromatic N) is 1. The van der Waals surface area contributed by atoms with Gasteiger partial charge < -0.3 is 5.32 Å². The quantitative estimate of drug-likeness (QED) is 0.854. The lowest BCUT2D eigenvalue weighted by molar-refractivity contribution is 0.580. The number of hydrogen-bond donors (Lipinski definition) is 2. The Morgan fingerprint density at radius 3 is 2.48 bits per heavy atom. The number of hydrogen-bond acceptors (Lipinski definition) is 5. The van der Waals surface area contributed by atoms with E-state index in [1.165, 1.54) is 11.3 Å². The third-order valence-corrected chi connectivity index (χ3v) is 5.59. The Kier molecular flexibility index (Phi) is 5.10. The fourth-order valence-electron chi connectivity index (χ4n) is 1.83. The monoisotopic (exact) mass is 325 g/mol. The molecule has 0 amide bonds. The molecule has 0 fully saturated rings. The second kappa shape index (κ2) is 6.65. The highest BCUT2D eigenvalue weighted by atomic mass is 32.2. The van der Waals surface area contributed by atoms with E-state index in [0.717, 1.165) is 16.3 Å². The summed E-state index contributed by atoms with van der Waals surface area (Å²) in [5.74, 6) is 0. The minimum atomic E-state index is -3.50.